The summed E-state index contributed by atoms with van der Waals surface area (Å²) < 4.78 is 5.14. The Kier molecular flexibility index (Phi) is 17.9. The fraction of sp³-hybridized carbons (Fsp3) is 0.0526. The Morgan fingerprint density at radius 2 is 0.551 bits per heavy atom. The van der Waals surface area contributed by atoms with Gasteiger partial charge in [-0.1, -0.05) is 229 Å². The van der Waals surface area contributed by atoms with E-state index in [1.807, 2.05) is 86.9 Å². The number of benzene rings is 12. The van der Waals surface area contributed by atoms with Crippen molar-refractivity contribution in [1.29, 1.82) is 0 Å². The van der Waals surface area contributed by atoms with Crippen molar-refractivity contribution in [3.05, 3.63) is 323 Å². The van der Waals surface area contributed by atoms with Gasteiger partial charge in [0.1, 0.15) is 5.75 Å². The average Bonchev–Trinajstić information content (AvgIpc) is 3.51. The van der Waals surface area contributed by atoms with Crippen LogP contribution in [0.15, 0.2) is 273 Å². The SMILES string of the molecule is C(#Cc1cccc2ccccc12)c1ccccc1.CN(C)c1ccc(C#Cc2cccc3ccccc23)cc1.COc1ccc(C#Cc2cccc3ccccc23)cc1.Cc1ccc(C#Cc2cccc3ccccc23)cc1. The van der Waals surface area contributed by atoms with Gasteiger partial charge in [-0.3, -0.25) is 0 Å². The van der Waals surface area contributed by atoms with Crippen molar-refractivity contribution in [3.8, 4) is 53.1 Å². The molecule has 78 heavy (non-hydrogen) atoms. The molecule has 0 aromatic heterocycles. The second-order valence-electron chi connectivity index (χ2n) is 18.5. The first kappa shape index (κ1) is 52.4. The molecule has 0 radical (unpaired) electrons. The standard InChI is InChI=1S/C20H17N.C19H14O.C19H14.C18H12/c1-21(2)19-14-11-16(12-15-19)10-13-18-8-5-7-17-6-3-4-9-20(17)18;1-20-18-13-10-15(11-14-18)9-12-17-7-4-6-16-5-2-3-8-19(16)17;1-15-9-11-16(12-10-15)13-14-18-7-4-6-17-5-2-3-8-19(17)18;1-2-7-15(8-3-1)13-14-17-11-6-10-16-9-4-5-12-18(16)17/h3-9,11-12,14-15H,1-2H3;2-8,10-11,13-14H,1H3;2-12H,1H3;1-12H. The molecule has 0 saturated heterocycles. The minimum absolute atomic E-state index is 0.848. The molecular weight excluding hydrogens is 943 g/mol. The van der Waals surface area contributed by atoms with Gasteiger partial charge in [0.05, 0.1) is 7.11 Å². The molecule has 0 atom stereocenters. The van der Waals surface area contributed by atoms with E-state index >= 15 is 0 Å². The van der Waals surface area contributed by atoms with Crippen LogP contribution < -0.4 is 9.64 Å². The maximum atomic E-state index is 5.14. The van der Waals surface area contributed by atoms with Crippen LogP contribution >= 0.6 is 0 Å². The van der Waals surface area contributed by atoms with E-state index < -0.39 is 0 Å². The molecular formula is C76H57NO. The van der Waals surface area contributed by atoms with Crippen molar-refractivity contribution in [2.75, 3.05) is 26.1 Å². The highest BCUT2D eigenvalue weighted by Gasteiger charge is 2.01. The zero-order chi connectivity index (χ0) is 53.7. The summed E-state index contributed by atoms with van der Waals surface area (Å²) in [6.45, 7) is 2.09. The van der Waals surface area contributed by atoms with Crippen LogP contribution in [-0.4, -0.2) is 21.2 Å². The normalized spacial score (nSPS) is 9.90. The summed E-state index contributed by atoms with van der Waals surface area (Å²) in [5.74, 6) is 26.8. The Labute approximate surface area is 460 Å². The number of anilines is 1. The van der Waals surface area contributed by atoms with E-state index in [4.69, 9.17) is 4.74 Å². The molecule has 0 heterocycles. The van der Waals surface area contributed by atoms with E-state index in [1.54, 1.807) is 7.11 Å². The van der Waals surface area contributed by atoms with E-state index in [1.165, 1.54) is 54.3 Å². The van der Waals surface area contributed by atoms with Crippen molar-refractivity contribution in [3.63, 3.8) is 0 Å². The smallest absolute Gasteiger partial charge is 0.118 e. The maximum Gasteiger partial charge on any atom is 0.118 e. The first-order valence-electron chi connectivity index (χ1n) is 25.9. The second kappa shape index (κ2) is 26.6. The van der Waals surface area contributed by atoms with Crippen molar-refractivity contribution >= 4 is 48.8 Å². The number of nitrogens with zero attached hydrogens (tertiary/aromatic N) is 1. The third-order valence-corrected chi connectivity index (χ3v) is 12.8. The third-order valence-electron chi connectivity index (χ3n) is 12.8. The summed E-state index contributed by atoms with van der Waals surface area (Å²) >= 11 is 0. The lowest BCUT2D eigenvalue weighted by Crippen LogP contribution is -2.07. The van der Waals surface area contributed by atoms with Crippen molar-refractivity contribution in [1.82, 2.24) is 0 Å². The Hall–Kier alpha value is -10.5. The molecule has 0 N–H and O–H groups in total. The van der Waals surface area contributed by atoms with Gasteiger partial charge in [0.25, 0.3) is 0 Å². The summed E-state index contributed by atoms with van der Waals surface area (Å²) in [6.07, 6.45) is 0. The van der Waals surface area contributed by atoms with Crippen LogP contribution in [0.2, 0.25) is 0 Å². The minimum Gasteiger partial charge on any atom is -0.497 e. The Morgan fingerprint density at radius 3 is 0.885 bits per heavy atom. The minimum atomic E-state index is 0.848. The fourth-order valence-electron chi connectivity index (χ4n) is 8.57. The van der Waals surface area contributed by atoms with Crippen LogP contribution in [0.1, 0.15) is 50.1 Å². The van der Waals surface area contributed by atoms with Crippen LogP contribution in [0.5, 0.6) is 5.75 Å². The van der Waals surface area contributed by atoms with Gasteiger partial charge in [-0.2, -0.15) is 0 Å². The molecule has 0 aliphatic carbocycles. The van der Waals surface area contributed by atoms with Gasteiger partial charge < -0.3 is 9.64 Å². The van der Waals surface area contributed by atoms with Crippen LogP contribution in [0.25, 0.3) is 43.1 Å². The summed E-state index contributed by atoms with van der Waals surface area (Å²) in [7, 11) is 5.74. The summed E-state index contributed by atoms with van der Waals surface area (Å²) in [5.41, 5.74) is 10.9. The topological polar surface area (TPSA) is 12.5 Å². The number of rotatable bonds is 2. The van der Waals surface area contributed by atoms with E-state index in [0.717, 1.165) is 50.3 Å². The van der Waals surface area contributed by atoms with E-state index in [2.05, 4.69) is 259 Å². The molecule has 0 unspecified atom stereocenters. The largest absolute Gasteiger partial charge is 0.497 e. The highest BCUT2D eigenvalue weighted by atomic mass is 16.5. The third kappa shape index (κ3) is 14.4. The molecule has 0 bridgehead atoms. The molecule has 0 amide bonds. The number of methoxy groups -OCH3 is 1. The summed E-state index contributed by atoms with van der Waals surface area (Å²) in [6, 6.07) is 92.7. The van der Waals surface area contributed by atoms with Gasteiger partial charge in [0.2, 0.25) is 0 Å². The van der Waals surface area contributed by atoms with Gasteiger partial charge in [-0.15, -0.1) is 0 Å². The molecule has 12 aromatic carbocycles. The molecule has 12 rings (SSSR count). The van der Waals surface area contributed by atoms with Gasteiger partial charge in [-0.25, -0.2) is 0 Å². The van der Waals surface area contributed by atoms with E-state index in [-0.39, 0.29) is 0 Å². The molecule has 0 spiro atoms. The molecule has 2 nitrogen and oxygen atoms in total. The number of ether oxygens (including phenoxy) is 1. The number of hydrogen-bond donors (Lipinski definition) is 0. The maximum absolute atomic E-state index is 5.14. The molecule has 0 fully saturated rings. The van der Waals surface area contributed by atoms with Gasteiger partial charge >= 0.3 is 0 Å². The predicted molar refractivity (Wildman–Crippen MR) is 331 cm³/mol. The molecule has 0 saturated carbocycles. The quantitative estimate of drug-likeness (QED) is 0.160. The fourth-order valence-corrected chi connectivity index (χ4v) is 8.57. The molecule has 372 valence electrons. The first-order chi connectivity index (χ1) is 38.4. The first-order valence-corrected chi connectivity index (χ1v) is 25.9. The average molecular weight is 1000 g/mol. The Balaban J connectivity index is 0.000000127. The van der Waals surface area contributed by atoms with Gasteiger partial charge in [0.15, 0.2) is 0 Å². The van der Waals surface area contributed by atoms with E-state index in [9.17, 15) is 0 Å². The lowest BCUT2D eigenvalue weighted by atomic mass is 10.0. The van der Waals surface area contributed by atoms with Gasteiger partial charge in [0, 0.05) is 64.3 Å². The molecule has 0 aliphatic heterocycles. The lowest BCUT2D eigenvalue weighted by Gasteiger charge is -2.11. The van der Waals surface area contributed by atoms with Crippen LogP contribution in [0, 0.1) is 54.3 Å². The number of aryl methyl sites for hydroxylation is 1. The Bertz CT molecular complexity index is 4200. The van der Waals surface area contributed by atoms with Crippen LogP contribution in [-0.2, 0) is 0 Å². The van der Waals surface area contributed by atoms with E-state index in [0.29, 0.717) is 0 Å². The van der Waals surface area contributed by atoms with Crippen molar-refractivity contribution in [2.45, 2.75) is 6.92 Å². The molecule has 0 aliphatic rings. The highest BCUT2D eigenvalue weighted by Crippen LogP contribution is 2.22. The summed E-state index contributed by atoms with van der Waals surface area (Å²) in [4.78, 5) is 2.09. The lowest BCUT2D eigenvalue weighted by molar-refractivity contribution is 0.415. The van der Waals surface area contributed by atoms with Gasteiger partial charge in [-0.05, 0) is 147 Å². The van der Waals surface area contributed by atoms with Crippen LogP contribution in [0.4, 0.5) is 5.69 Å². The highest BCUT2D eigenvalue weighted by molar-refractivity contribution is 5.91. The predicted octanol–water partition coefficient (Wildman–Crippen LogP) is 17.3. The second-order valence-corrected chi connectivity index (χ2v) is 18.5. The molecule has 2 heteroatoms. The van der Waals surface area contributed by atoms with Crippen LogP contribution in [0.3, 0.4) is 0 Å². The molecule has 12 aromatic rings. The monoisotopic (exact) mass is 999 g/mol. The number of hydrogen-bond acceptors (Lipinski definition) is 2. The summed E-state index contributed by atoms with van der Waals surface area (Å²) in [5, 5.41) is 9.73. The number of fused-ring (bicyclic) bond motifs is 4. The zero-order valence-corrected chi connectivity index (χ0v) is 44.3. The zero-order valence-electron chi connectivity index (χ0n) is 44.3. The Morgan fingerprint density at radius 1 is 0.269 bits per heavy atom. The van der Waals surface area contributed by atoms with Crippen molar-refractivity contribution in [2.24, 2.45) is 0 Å². The van der Waals surface area contributed by atoms with Crippen molar-refractivity contribution < 1.29 is 4.74 Å².